The summed E-state index contributed by atoms with van der Waals surface area (Å²) in [5, 5.41) is 59.1. The fourth-order valence-corrected chi connectivity index (χ4v) is 16.0. The largest absolute Gasteiger partial charge is 0.493 e. The van der Waals surface area contributed by atoms with Crippen LogP contribution in [0.2, 0.25) is 0 Å². The van der Waals surface area contributed by atoms with Gasteiger partial charge in [-0.25, -0.2) is 42.8 Å². The third-order valence-electron chi connectivity index (χ3n) is 22.4. The van der Waals surface area contributed by atoms with Gasteiger partial charge in [-0.05, 0) is 125 Å². The van der Waals surface area contributed by atoms with Crippen molar-refractivity contribution in [3.63, 3.8) is 0 Å². The quantitative estimate of drug-likeness (QED) is 0.0260. The smallest absolute Gasteiger partial charge is 0.410 e. The third-order valence-corrected chi connectivity index (χ3v) is 22.4. The molecular weight excluding hydrogens is 1840 g/mol. The summed E-state index contributed by atoms with van der Waals surface area (Å²) < 4.78 is 154. The van der Waals surface area contributed by atoms with E-state index in [9.17, 15) is 63.9 Å². The number of carbonyl (C=O) groups excluding carboxylic acids is 6. The fraction of sp³-hybridized carbons (Fsp3) is 0.256. The highest BCUT2D eigenvalue weighted by Crippen LogP contribution is 2.47. The Bertz CT molecular complexity index is 7460. The van der Waals surface area contributed by atoms with Gasteiger partial charge in [0.15, 0.2) is 28.4 Å². The van der Waals surface area contributed by atoms with Crippen molar-refractivity contribution >= 4 is 91.7 Å². The Balaban J connectivity index is 0.000000125. The lowest BCUT2D eigenvalue weighted by atomic mass is 9.92. The lowest BCUT2D eigenvalue weighted by Gasteiger charge is -2.32. The molecule has 8 N–H and O–H groups in total. The normalized spacial score (nSPS) is 13.9. The number of alkyl halides is 8. The number of carbonyl (C=O) groups is 6. The van der Waals surface area contributed by atoms with Crippen LogP contribution in [0.3, 0.4) is 0 Å². The molecule has 4 aliphatic rings. The van der Waals surface area contributed by atoms with Gasteiger partial charge in [-0.3, -0.25) is 49.0 Å². The number of benzene rings is 4. The molecule has 1 atom stereocenters. The SMILES string of the molecule is CC(C)(C)OC(=O)N1CCC(C(=O)Cn2ncc3cc(-c4[nH]ncc4NC(=O)c4cnn5cccnc45)c(OC(F)F)cc32)CC1.CCC1Cc2cc(OC(F)F)c(-c3[nH]ncc3NC(=O)c3cnn4cccnc34)cc2O1.O=C(Nc1cn[nH]c1-c1cc2c(cc1OC(F)F)CCCO2)c1cnn2cccnc12.O=C(Nc1cn[nH]c1-c1cc2c(cc1OC(F)F)CCO2)c1cnn2cccnc12. The average molecular weight is 1910 g/mol. The van der Waals surface area contributed by atoms with Gasteiger partial charge in [-0.2, -0.15) is 81.0 Å². The van der Waals surface area contributed by atoms with Crippen molar-refractivity contribution in [2.75, 3.05) is 47.6 Å². The number of ketones is 1. The molecule has 1 saturated heterocycles. The van der Waals surface area contributed by atoms with Gasteiger partial charge in [-0.15, -0.1) is 0 Å². The van der Waals surface area contributed by atoms with E-state index < -0.39 is 61.8 Å². The Morgan fingerprint density at radius 3 is 1.22 bits per heavy atom. The molecule has 1 fully saturated rings. The number of hydrogen-bond donors (Lipinski definition) is 8. The minimum absolute atomic E-state index is 0.0243. The van der Waals surface area contributed by atoms with E-state index in [1.165, 1.54) is 103 Å². The van der Waals surface area contributed by atoms with E-state index in [1.54, 1.807) is 124 Å². The third kappa shape index (κ3) is 20.2. The van der Waals surface area contributed by atoms with Crippen LogP contribution in [0.1, 0.15) is 112 Å². The van der Waals surface area contributed by atoms with Crippen LogP contribution >= 0.6 is 0 Å². The van der Waals surface area contributed by atoms with Gasteiger partial charge in [0, 0.05) is 126 Å². The number of Topliss-reactive ketones (excluding diaryl/α,β-unsaturated/α-hetero) is 1. The summed E-state index contributed by atoms with van der Waals surface area (Å²) in [5.41, 5.74) is 7.89. The second-order valence-electron chi connectivity index (χ2n) is 32.4. The molecule has 0 saturated carbocycles. The van der Waals surface area contributed by atoms with Gasteiger partial charge in [0.2, 0.25) is 0 Å². The maximum absolute atomic E-state index is 13.6. The van der Waals surface area contributed by atoms with E-state index in [0.717, 1.165) is 29.5 Å². The van der Waals surface area contributed by atoms with Crippen molar-refractivity contribution in [3.8, 4) is 85.3 Å². The van der Waals surface area contributed by atoms with E-state index in [1.807, 2.05) is 6.92 Å². The topological polar surface area (TPSA) is 481 Å². The number of aromatic nitrogens is 22. The number of fused-ring (bicyclic) bond motifs is 8. The molecular formula is C90H79F8N27O14. The number of H-pyrrole nitrogens is 4. The number of anilines is 4. The van der Waals surface area contributed by atoms with Crippen molar-refractivity contribution in [1.82, 2.24) is 114 Å². The summed E-state index contributed by atoms with van der Waals surface area (Å²) in [6.07, 6.45) is 29.4. The molecule has 17 heterocycles. The summed E-state index contributed by atoms with van der Waals surface area (Å²) in [5.74, 6) is -0.887. The predicted octanol–water partition coefficient (Wildman–Crippen LogP) is 14.4. The van der Waals surface area contributed by atoms with E-state index in [0.29, 0.717) is 143 Å². The molecule has 1 unspecified atom stereocenters. The van der Waals surface area contributed by atoms with Gasteiger partial charge in [0.25, 0.3) is 23.6 Å². The monoisotopic (exact) mass is 1910 g/mol. The first-order chi connectivity index (χ1) is 67.2. The lowest BCUT2D eigenvalue weighted by Crippen LogP contribution is -2.43. The molecule has 5 amide bonds. The molecule has 0 bridgehead atoms. The van der Waals surface area contributed by atoms with Gasteiger partial charge in [0.05, 0.1) is 120 Å². The molecule has 0 spiro atoms. The van der Waals surface area contributed by atoms with Crippen LogP contribution < -0.4 is 54.4 Å². The second-order valence-corrected chi connectivity index (χ2v) is 32.4. The number of rotatable bonds is 24. The number of halogens is 8. The highest BCUT2D eigenvalue weighted by Gasteiger charge is 2.35. The molecule has 13 aromatic heterocycles. The number of nitrogens with one attached hydrogen (secondary N) is 8. The van der Waals surface area contributed by atoms with E-state index in [2.05, 4.69) is 107 Å². The Morgan fingerprint density at radius 1 is 0.453 bits per heavy atom. The number of aryl methyl sites for hydroxylation is 1. The summed E-state index contributed by atoms with van der Waals surface area (Å²) in [4.78, 5) is 95.6. The highest BCUT2D eigenvalue weighted by atomic mass is 19.3. The zero-order chi connectivity index (χ0) is 96.9. The van der Waals surface area contributed by atoms with Crippen LogP contribution in [0.4, 0.5) is 62.7 Å². The van der Waals surface area contributed by atoms with Crippen LogP contribution in [0.25, 0.3) is 78.5 Å². The molecule has 0 radical (unpaired) electrons. The number of hydrogen-bond acceptors (Lipinski definition) is 27. The second kappa shape index (κ2) is 39.6. The predicted molar refractivity (Wildman–Crippen MR) is 477 cm³/mol. The molecule has 41 nitrogen and oxygen atoms in total. The summed E-state index contributed by atoms with van der Waals surface area (Å²) in [6.45, 7) is -3.12. The fourth-order valence-electron chi connectivity index (χ4n) is 16.0. The number of aromatic amines is 4. The molecule has 4 aromatic carbocycles. The van der Waals surface area contributed by atoms with Gasteiger partial charge >= 0.3 is 32.5 Å². The van der Waals surface area contributed by atoms with Crippen molar-refractivity contribution in [2.24, 2.45) is 5.92 Å². The maximum Gasteiger partial charge on any atom is 0.410 e. The molecule has 49 heteroatoms. The minimum Gasteiger partial charge on any atom is -0.493 e. The zero-order valence-electron chi connectivity index (χ0n) is 73.4. The summed E-state index contributed by atoms with van der Waals surface area (Å²) >= 11 is 0. The maximum atomic E-state index is 13.6. The molecule has 4 aliphatic heterocycles. The standard InChI is InChI=1S/C30H31F2N9O5.C21H18F2N6O3.C20H16F2N6O3.C19H14F2N6O3/c1-30(2,3)46-29(44)39-9-5-17(6-10-39)23(42)16-41-22-12-24(45-28(31)32)19(11-18(22)13-35-41)25-21(15-34-38-25)37-27(43)20-14-36-40-8-4-7-33-26(20)40;1-2-12-6-11-7-17(32-21(22)23)13(8-16(11)31-12)18-15(10-25-28-18)27-20(30)14-9-26-29-5-3-4-24-19(14)29;21-20(22)31-16-7-11-3-1-6-30-15(11)8-12(16)17-14(10-24-27-17)26-19(29)13-9-25-28-5-2-4-23-18(13)28;20-19(21)30-15-6-10-2-5-29-14(10)7-11(15)16-13(9-23-26-16)25-18(28)12-8-24-27-4-1-3-22-17(12)27/h4,7-8,11-15,17,28H,5-6,9-10,16H2,1-3H3,(H,34,38)(H,37,43);3-5,7-10,12,21H,2,6H2,1H3,(H,25,28)(H,27,30);2,4-5,7-10,20H,1,3,6H2,(H,24,27)(H,26,29);1,3-4,6-9,19H,2,5H2,(H,23,26)(H,25,28). The van der Waals surface area contributed by atoms with E-state index in [4.69, 9.17) is 37.9 Å². The van der Waals surface area contributed by atoms with Crippen LogP contribution in [0.15, 0.2) is 178 Å². The number of nitrogens with zero attached hydrogens (tertiary/aromatic N) is 19. The van der Waals surface area contributed by atoms with Crippen molar-refractivity contribution in [2.45, 2.75) is 117 Å². The Labute approximate surface area is 777 Å². The van der Waals surface area contributed by atoms with Crippen molar-refractivity contribution in [1.29, 1.82) is 0 Å². The van der Waals surface area contributed by atoms with Gasteiger partial charge < -0.3 is 64.1 Å². The van der Waals surface area contributed by atoms with E-state index in [-0.39, 0.29) is 104 Å². The Hall–Kier alpha value is -17.5. The van der Waals surface area contributed by atoms with Crippen LogP contribution in [0.5, 0.6) is 40.2 Å². The molecule has 21 rings (SSSR count). The molecule has 0 aliphatic carbocycles. The van der Waals surface area contributed by atoms with Crippen molar-refractivity contribution in [3.05, 3.63) is 217 Å². The Kier molecular flexibility index (Phi) is 26.2. The first kappa shape index (κ1) is 92.0. The van der Waals surface area contributed by atoms with E-state index >= 15 is 0 Å². The van der Waals surface area contributed by atoms with Gasteiger partial charge in [0.1, 0.15) is 80.8 Å². The average Bonchev–Trinajstić information content (AvgIpc) is 1.68. The summed E-state index contributed by atoms with van der Waals surface area (Å²) in [6, 6.07) is 19.1. The first-order valence-corrected chi connectivity index (χ1v) is 43.0. The molecule has 17 aromatic rings. The number of likely N-dealkylation sites (tertiary alicyclic amines) is 1. The lowest BCUT2D eigenvalue weighted by molar-refractivity contribution is -0.125. The number of amides is 5. The van der Waals surface area contributed by atoms with Crippen molar-refractivity contribution < 1.29 is 102 Å². The number of piperidine rings is 1. The highest BCUT2D eigenvalue weighted by molar-refractivity contribution is 6.12. The summed E-state index contributed by atoms with van der Waals surface area (Å²) in [7, 11) is 0. The van der Waals surface area contributed by atoms with Gasteiger partial charge in [-0.1, -0.05) is 6.92 Å². The van der Waals surface area contributed by atoms with Crippen LogP contribution in [-0.4, -0.2) is 214 Å². The first-order valence-electron chi connectivity index (χ1n) is 43.0. The molecule has 139 heavy (non-hydrogen) atoms. The zero-order valence-corrected chi connectivity index (χ0v) is 73.4. The minimum atomic E-state index is -3.16. The Morgan fingerprint density at radius 2 is 0.827 bits per heavy atom. The van der Waals surface area contributed by atoms with Crippen LogP contribution in [-0.2, 0) is 35.3 Å². The van der Waals surface area contributed by atoms with Crippen LogP contribution in [0, 0.1) is 5.92 Å². The number of ether oxygens (including phenoxy) is 8. The molecule has 714 valence electrons.